The van der Waals surface area contributed by atoms with E-state index < -0.39 is 0 Å². The molecule has 1 aliphatic rings. The van der Waals surface area contributed by atoms with E-state index in [0.717, 1.165) is 31.9 Å². The average molecular weight is 403 g/mol. The molecule has 1 atom stereocenters. The highest BCUT2D eigenvalue weighted by molar-refractivity contribution is 5.33. The Morgan fingerprint density at radius 3 is 2.66 bits per heavy atom. The number of nitrogens with zero attached hydrogens (tertiary/aromatic N) is 2. The molecular formula is C23H31FN2O3. The number of benzene rings is 2. The number of halogens is 1. The van der Waals surface area contributed by atoms with Gasteiger partial charge in [0.1, 0.15) is 17.3 Å². The number of methoxy groups -OCH3 is 1. The summed E-state index contributed by atoms with van der Waals surface area (Å²) in [7, 11) is 1.54. The largest absolute Gasteiger partial charge is 0.497 e. The van der Waals surface area contributed by atoms with Crippen LogP contribution >= 0.6 is 0 Å². The molecule has 158 valence electrons. The Kier molecular flexibility index (Phi) is 7.86. The van der Waals surface area contributed by atoms with Gasteiger partial charge in [0.2, 0.25) is 0 Å². The van der Waals surface area contributed by atoms with Gasteiger partial charge >= 0.3 is 0 Å². The molecule has 0 amide bonds. The molecule has 29 heavy (non-hydrogen) atoms. The van der Waals surface area contributed by atoms with Crippen molar-refractivity contribution in [2.45, 2.75) is 32.5 Å². The minimum absolute atomic E-state index is 0.121. The number of rotatable bonds is 9. The van der Waals surface area contributed by atoms with Crippen LogP contribution in [0.2, 0.25) is 0 Å². The van der Waals surface area contributed by atoms with Crippen LogP contribution < -0.4 is 9.47 Å². The number of hydrogen-bond acceptors (Lipinski definition) is 5. The summed E-state index contributed by atoms with van der Waals surface area (Å²) in [6, 6.07) is 13.3. The van der Waals surface area contributed by atoms with Crippen molar-refractivity contribution in [3.05, 3.63) is 59.4 Å². The Labute approximate surface area is 172 Å². The Bertz CT molecular complexity index is 786. The van der Waals surface area contributed by atoms with Crippen LogP contribution in [-0.2, 0) is 13.1 Å². The first-order chi connectivity index (χ1) is 14.1. The van der Waals surface area contributed by atoms with Gasteiger partial charge < -0.3 is 14.6 Å². The van der Waals surface area contributed by atoms with E-state index in [0.29, 0.717) is 30.9 Å². The van der Waals surface area contributed by atoms with Gasteiger partial charge in [-0.15, -0.1) is 0 Å². The number of hydrogen-bond donors (Lipinski definition) is 1. The molecule has 1 N–H and O–H groups in total. The maximum Gasteiger partial charge on any atom is 0.131 e. The van der Waals surface area contributed by atoms with E-state index in [2.05, 4.69) is 15.9 Å². The normalized spacial score (nSPS) is 18.0. The lowest BCUT2D eigenvalue weighted by Gasteiger charge is -2.41. The summed E-state index contributed by atoms with van der Waals surface area (Å²) in [5, 5.41) is 9.56. The minimum atomic E-state index is -0.250. The van der Waals surface area contributed by atoms with Crippen molar-refractivity contribution in [2.24, 2.45) is 0 Å². The topological polar surface area (TPSA) is 45.2 Å². The fourth-order valence-corrected chi connectivity index (χ4v) is 3.91. The van der Waals surface area contributed by atoms with Gasteiger partial charge in [-0.3, -0.25) is 9.80 Å². The van der Waals surface area contributed by atoms with Crippen molar-refractivity contribution in [3.8, 4) is 11.5 Å². The number of ether oxygens (including phenoxy) is 2. The highest BCUT2D eigenvalue weighted by atomic mass is 19.1. The van der Waals surface area contributed by atoms with Gasteiger partial charge in [-0.2, -0.15) is 0 Å². The van der Waals surface area contributed by atoms with Crippen LogP contribution in [0.4, 0.5) is 4.39 Å². The molecule has 0 aromatic heterocycles. The first kappa shape index (κ1) is 21.6. The van der Waals surface area contributed by atoms with E-state index in [9.17, 15) is 9.50 Å². The smallest absolute Gasteiger partial charge is 0.131 e. The van der Waals surface area contributed by atoms with E-state index in [1.807, 2.05) is 25.1 Å². The van der Waals surface area contributed by atoms with E-state index >= 15 is 0 Å². The molecule has 3 rings (SSSR count). The van der Waals surface area contributed by atoms with E-state index in [1.54, 1.807) is 12.1 Å². The van der Waals surface area contributed by atoms with Crippen molar-refractivity contribution < 1.29 is 19.0 Å². The maximum atomic E-state index is 14.4. The number of aliphatic hydroxyl groups excluding tert-OH is 1. The van der Waals surface area contributed by atoms with Gasteiger partial charge in [0, 0.05) is 62.6 Å². The lowest BCUT2D eigenvalue weighted by atomic mass is 10.1. The fourth-order valence-electron chi connectivity index (χ4n) is 3.91. The average Bonchev–Trinajstić information content (AvgIpc) is 2.73. The Hall–Kier alpha value is -2.15. The standard InChI is InChI=1S/C23H31FN2O3/c1-3-29-23-7-5-4-6-19(23)15-25-11-12-26(20(17-25)10-13-27)16-18-8-9-21(28-2)14-22(18)24/h4-9,14,20,27H,3,10-13,15-17H2,1-2H3/t20-/m1/s1. The quantitative estimate of drug-likeness (QED) is 0.697. The van der Waals surface area contributed by atoms with Gasteiger partial charge in [0.05, 0.1) is 13.7 Å². The molecule has 0 radical (unpaired) electrons. The molecular weight excluding hydrogens is 371 g/mol. The molecule has 2 aromatic carbocycles. The van der Waals surface area contributed by atoms with Crippen LogP contribution in [0.15, 0.2) is 42.5 Å². The molecule has 0 aliphatic carbocycles. The molecule has 0 spiro atoms. The third-order valence-electron chi connectivity index (χ3n) is 5.45. The second-order valence-electron chi connectivity index (χ2n) is 7.37. The van der Waals surface area contributed by atoms with Gasteiger partial charge in [-0.1, -0.05) is 24.3 Å². The Morgan fingerprint density at radius 2 is 1.93 bits per heavy atom. The molecule has 0 unspecified atom stereocenters. The molecule has 1 saturated heterocycles. The monoisotopic (exact) mass is 402 g/mol. The molecule has 1 heterocycles. The zero-order valence-corrected chi connectivity index (χ0v) is 17.3. The van der Waals surface area contributed by atoms with Crippen LogP contribution in [0.3, 0.4) is 0 Å². The highest BCUT2D eigenvalue weighted by Gasteiger charge is 2.27. The minimum Gasteiger partial charge on any atom is -0.497 e. The van der Waals surface area contributed by atoms with Gasteiger partial charge in [-0.25, -0.2) is 4.39 Å². The van der Waals surface area contributed by atoms with Gasteiger partial charge in [0.25, 0.3) is 0 Å². The van der Waals surface area contributed by atoms with Crippen LogP contribution in [0.5, 0.6) is 11.5 Å². The summed E-state index contributed by atoms with van der Waals surface area (Å²) < 4.78 is 25.3. The van der Waals surface area contributed by atoms with Crippen LogP contribution in [0.25, 0.3) is 0 Å². The zero-order valence-electron chi connectivity index (χ0n) is 17.3. The van der Waals surface area contributed by atoms with Crippen LogP contribution in [0, 0.1) is 5.82 Å². The van der Waals surface area contributed by atoms with Crippen molar-refractivity contribution >= 4 is 0 Å². The van der Waals surface area contributed by atoms with Crippen LogP contribution in [0.1, 0.15) is 24.5 Å². The van der Waals surface area contributed by atoms with E-state index in [-0.39, 0.29) is 18.5 Å². The molecule has 5 nitrogen and oxygen atoms in total. The van der Waals surface area contributed by atoms with E-state index in [4.69, 9.17) is 9.47 Å². The van der Waals surface area contributed by atoms with Crippen LogP contribution in [-0.4, -0.2) is 60.9 Å². The molecule has 1 aliphatic heterocycles. The SMILES string of the molecule is CCOc1ccccc1CN1CCN(Cc2ccc(OC)cc2F)[C@H](CCO)C1. The zero-order chi connectivity index (χ0) is 20.6. The number of aliphatic hydroxyl groups is 1. The van der Waals surface area contributed by atoms with Crippen molar-refractivity contribution in [1.29, 1.82) is 0 Å². The predicted molar refractivity (Wildman–Crippen MR) is 112 cm³/mol. The number of piperazine rings is 1. The van der Waals surface area contributed by atoms with E-state index in [1.165, 1.54) is 18.7 Å². The summed E-state index contributed by atoms with van der Waals surface area (Å²) >= 11 is 0. The first-order valence-corrected chi connectivity index (χ1v) is 10.2. The van der Waals surface area contributed by atoms with Crippen molar-refractivity contribution in [1.82, 2.24) is 9.80 Å². The summed E-state index contributed by atoms with van der Waals surface area (Å²) in [6.07, 6.45) is 0.668. The highest BCUT2D eigenvalue weighted by Crippen LogP contribution is 2.24. The first-order valence-electron chi connectivity index (χ1n) is 10.2. The van der Waals surface area contributed by atoms with Crippen molar-refractivity contribution in [3.63, 3.8) is 0 Å². The summed E-state index contributed by atoms with van der Waals surface area (Å²) in [5.74, 6) is 1.20. The summed E-state index contributed by atoms with van der Waals surface area (Å²) in [4.78, 5) is 4.66. The third kappa shape index (κ3) is 5.69. The predicted octanol–water partition coefficient (Wildman–Crippen LogP) is 3.30. The molecule has 6 heteroatoms. The lowest BCUT2D eigenvalue weighted by Crippen LogP contribution is -2.52. The van der Waals surface area contributed by atoms with Gasteiger partial charge in [-0.05, 0) is 25.5 Å². The third-order valence-corrected chi connectivity index (χ3v) is 5.45. The number of para-hydroxylation sites is 1. The maximum absolute atomic E-state index is 14.4. The molecule has 1 fully saturated rings. The fraction of sp³-hybridized carbons (Fsp3) is 0.478. The summed E-state index contributed by atoms with van der Waals surface area (Å²) in [5.41, 5.74) is 1.83. The Morgan fingerprint density at radius 1 is 1.10 bits per heavy atom. The van der Waals surface area contributed by atoms with Crippen molar-refractivity contribution in [2.75, 3.05) is 40.0 Å². The lowest BCUT2D eigenvalue weighted by molar-refractivity contribution is 0.0488. The molecule has 0 saturated carbocycles. The van der Waals surface area contributed by atoms with Gasteiger partial charge in [0.15, 0.2) is 0 Å². The molecule has 0 bridgehead atoms. The second-order valence-corrected chi connectivity index (χ2v) is 7.37. The molecule has 2 aromatic rings. The second kappa shape index (κ2) is 10.6. The Balaban J connectivity index is 1.66. The summed E-state index contributed by atoms with van der Waals surface area (Å²) in [6.45, 7) is 6.64.